The molecule has 0 amide bonds. The van der Waals surface area contributed by atoms with Gasteiger partial charge in [0.25, 0.3) is 0 Å². The minimum absolute atomic E-state index is 1.19. The largest absolute Gasteiger partial charge is 0.0991 e. The first-order chi connectivity index (χ1) is 4.91. The lowest BCUT2D eigenvalue weighted by Gasteiger charge is -1.84. The Bertz CT molecular complexity index is 118. The number of rotatable bonds is 5. The lowest BCUT2D eigenvalue weighted by molar-refractivity contribution is 0.815. The maximum atomic E-state index is 3.57. The van der Waals surface area contributed by atoms with Crippen LogP contribution in [0.5, 0.6) is 0 Å². The predicted molar refractivity (Wildman–Crippen MR) is 48.0 cm³/mol. The lowest BCUT2D eigenvalue weighted by Crippen LogP contribution is -1.64. The second-order valence-corrected chi connectivity index (χ2v) is 2.19. The van der Waals surface area contributed by atoms with Crippen molar-refractivity contribution in [2.75, 3.05) is 0 Å². The van der Waals surface area contributed by atoms with E-state index in [-0.39, 0.29) is 0 Å². The molecule has 10 heavy (non-hydrogen) atoms. The average molecular weight is 136 g/mol. The summed E-state index contributed by atoms with van der Waals surface area (Å²) in [6, 6.07) is 0. The molecule has 0 aromatic rings. The van der Waals surface area contributed by atoms with Crippen LogP contribution in [0.4, 0.5) is 0 Å². The van der Waals surface area contributed by atoms with Crippen molar-refractivity contribution in [3.63, 3.8) is 0 Å². The van der Waals surface area contributed by atoms with Gasteiger partial charge in [0.15, 0.2) is 0 Å². The van der Waals surface area contributed by atoms with Gasteiger partial charge in [-0.2, -0.15) is 0 Å². The van der Waals surface area contributed by atoms with Gasteiger partial charge >= 0.3 is 0 Å². The molecule has 0 nitrogen and oxygen atoms in total. The van der Waals surface area contributed by atoms with Crippen LogP contribution in [-0.2, 0) is 0 Å². The Balaban J connectivity index is 3.19. The molecular formula is C10H16. The van der Waals surface area contributed by atoms with Crippen molar-refractivity contribution in [1.29, 1.82) is 0 Å². The van der Waals surface area contributed by atoms with E-state index >= 15 is 0 Å². The summed E-state index contributed by atoms with van der Waals surface area (Å²) in [6.45, 7) is 5.78. The van der Waals surface area contributed by atoms with Gasteiger partial charge in [0.1, 0.15) is 0 Å². The standard InChI is InChI=1S/C10H16/c1-3-5-7-9-10-8-6-4-2/h3,5,7,9-10H,1,4,6,8H2,2H3. The number of unbranched alkanes of at least 4 members (excludes halogenated alkanes) is 2. The molecule has 0 radical (unpaired) electrons. The van der Waals surface area contributed by atoms with Gasteiger partial charge in [-0.1, -0.05) is 56.7 Å². The molecule has 0 saturated heterocycles. The van der Waals surface area contributed by atoms with Crippen LogP contribution in [0, 0.1) is 0 Å². The van der Waals surface area contributed by atoms with E-state index in [1.807, 2.05) is 12.2 Å². The summed E-state index contributed by atoms with van der Waals surface area (Å²) in [5, 5.41) is 0. The van der Waals surface area contributed by atoms with E-state index in [0.717, 1.165) is 0 Å². The van der Waals surface area contributed by atoms with Crippen molar-refractivity contribution in [2.45, 2.75) is 26.2 Å². The Kier molecular flexibility index (Phi) is 7.58. The van der Waals surface area contributed by atoms with Gasteiger partial charge in [-0.25, -0.2) is 0 Å². The first kappa shape index (κ1) is 9.22. The minimum Gasteiger partial charge on any atom is -0.0991 e. The number of hydrogen-bond acceptors (Lipinski definition) is 0. The van der Waals surface area contributed by atoms with Crippen LogP contribution >= 0.6 is 0 Å². The summed E-state index contributed by atoms with van der Waals surface area (Å²) in [4.78, 5) is 0. The van der Waals surface area contributed by atoms with Gasteiger partial charge in [-0.05, 0) is 6.42 Å². The third-order valence-electron chi connectivity index (χ3n) is 1.22. The monoisotopic (exact) mass is 136 g/mol. The average Bonchev–Trinajstić information content (AvgIpc) is 1.97. The van der Waals surface area contributed by atoms with Gasteiger partial charge in [0.2, 0.25) is 0 Å². The zero-order chi connectivity index (χ0) is 7.66. The molecule has 0 bridgehead atoms. The van der Waals surface area contributed by atoms with Gasteiger partial charge < -0.3 is 0 Å². The maximum absolute atomic E-state index is 3.57. The van der Waals surface area contributed by atoms with E-state index in [1.165, 1.54) is 19.3 Å². The van der Waals surface area contributed by atoms with Crippen molar-refractivity contribution < 1.29 is 0 Å². The van der Waals surface area contributed by atoms with Gasteiger partial charge in [0.05, 0.1) is 0 Å². The molecule has 0 aliphatic rings. The van der Waals surface area contributed by atoms with Crippen LogP contribution in [0.2, 0.25) is 0 Å². The Morgan fingerprint density at radius 2 is 2.00 bits per heavy atom. The fourth-order valence-corrected chi connectivity index (χ4v) is 0.639. The molecule has 0 aliphatic carbocycles. The molecule has 0 N–H and O–H groups in total. The summed E-state index contributed by atoms with van der Waals surface area (Å²) < 4.78 is 0. The normalized spacial score (nSPS) is 11.3. The Morgan fingerprint density at radius 1 is 1.20 bits per heavy atom. The molecule has 0 atom stereocenters. The van der Waals surface area contributed by atoms with Gasteiger partial charge in [-0.3, -0.25) is 0 Å². The third-order valence-corrected chi connectivity index (χ3v) is 1.22. The summed E-state index contributed by atoms with van der Waals surface area (Å²) in [6.07, 6.45) is 13.7. The predicted octanol–water partition coefficient (Wildman–Crippen LogP) is 3.48. The van der Waals surface area contributed by atoms with Gasteiger partial charge in [0, 0.05) is 0 Å². The molecule has 0 aliphatic heterocycles. The van der Waals surface area contributed by atoms with Crippen molar-refractivity contribution in [3.05, 3.63) is 37.0 Å². The molecule has 0 unspecified atom stereocenters. The van der Waals surface area contributed by atoms with Crippen LogP contribution in [0.15, 0.2) is 37.0 Å². The van der Waals surface area contributed by atoms with Crippen molar-refractivity contribution in [3.8, 4) is 0 Å². The van der Waals surface area contributed by atoms with E-state index in [4.69, 9.17) is 0 Å². The highest BCUT2D eigenvalue weighted by Crippen LogP contribution is 1.94. The smallest absolute Gasteiger partial charge is 0.0348 e. The summed E-state index contributed by atoms with van der Waals surface area (Å²) >= 11 is 0. The van der Waals surface area contributed by atoms with E-state index in [0.29, 0.717) is 0 Å². The fraction of sp³-hybridized carbons (Fsp3) is 0.400. The van der Waals surface area contributed by atoms with Gasteiger partial charge in [-0.15, -0.1) is 0 Å². The molecule has 0 aromatic heterocycles. The summed E-state index contributed by atoms with van der Waals surface area (Å²) in [5.41, 5.74) is 0. The van der Waals surface area contributed by atoms with Crippen LogP contribution in [-0.4, -0.2) is 0 Å². The van der Waals surface area contributed by atoms with Crippen molar-refractivity contribution in [2.24, 2.45) is 0 Å². The Morgan fingerprint density at radius 3 is 2.60 bits per heavy atom. The second-order valence-electron chi connectivity index (χ2n) is 2.19. The van der Waals surface area contributed by atoms with Crippen LogP contribution in [0.1, 0.15) is 26.2 Å². The van der Waals surface area contributed by atoms with Crippen LogP contribution in [0.3, 0.4) is 0 Å². The van der Waals surface area contributed by atoms with Crippen molar-refractivity contribution in [1.82, 2.24) is 0 Å². The summed E-state index contributed by atoms with van der Waals surface area (Å²) in [5.74, 6) is 0. The quantitative estimate of drug-likeness (QED) is 0.401. The van der Waals surface area contributed by atoms with Crippen molar-refractivity contribution >= 4 is 0 Å². The SMILES string of the molecule is C=CC=CC=CCCCC. The van der Waals surface area contributed by atoms with E-state index in [9.17, 15) is 0 Å². The highest BCUT2D eigenvalue weighted by atomic mass is 13.8. The zero-order valence-electron chi connectivity index (χ0n) is 6.72. The highest BCUT2D eigenvalue weighted by molar-refractivity contribution is 5.08. The highest BCUT2D eigenvalue weighted by Gasteiger charge is 1.74. The van der Waals surface area contributed by atoms with E-state index < -0.39 is 0 Å². The van der Waals surface area contributed by atoms with Crippen LogP contribution < -0.4 is 0 Å². The molecule has 0 saturated carbocycles. The van der Waals surface area contributed by atoms with E-state index in [2.05, 4.69) is 25.7 Å². The topological polar surface area (TPSA) is 0 Å². The minimum atomic E-state index is 1.19. The first-order valence-corrected chi connectivity index (χ1v) is 3.86. The maximum Gasteiger partial charge on any atom is -0.0348 e. The first-order valence-electron chi connectivity index (χ1n) is 3.86. The lowest BCUT2D eigenvalue weighted by atomic mass is 10.2. The summed E-state index contributed by atoms with van der Waals surface area (Å²) in [7, 11) is 0. The molecule has 0 heteroatoms. The fourth-order valence-electron chi connectivity index (χ4n) is 0.639. The Labute approximate surface area is 64.0 Å². The van der Waals surface area contributed by atoms with Crippen LogP contribution in [0.25, 0.3) is 0 Å². The molecule has 56 valence electrons. The molecule has 0 heterocycles. The molecular weight excluding hydrogens is 120 g/mol. The van der Waals surface area contributed by atoms with E-state index in [1.54, 1.807) is 6.08 Å². The Hall–Kier alpha value is -0.780. The molecule has 0 rings (SSSR count). The molecule has 0 fully saturated rings. The molecule has 0 spiro atoms. The second kappa shape index (κ2) is 8.22. The third kappa shape index (κ3) is 7.22. The number of hydrogen-bond donors (Lipinski definition) is 0. The molecule has 0 aromatic carbocycles. The zero-order valence-corrected chi connectivity index (χ0v) is 6.72. The number of allylic oxidation sites excluding steroid dienone is 5.